The van der Waals surface area contributed by atoms with Gasteiger partial charge in [-0.1, -0.05) is 0 Å². The number of hydrogen-bond acceptors (Lipinski definition) is 3. The van der Waals surface area contributed by atoms with Crippen molar-refractivity contribution in [1.82, 2.24) is 4.90 Å². The van der Waals surface area contributed by atoms with Crippen molar-refractivity contribution in [2.24, 2.45) is 5.73 Å². The molecule has 1 heterocycles. The summed E-state index contributed by atoms with van der Waals surface area (Å²) >= 11 is 1.72. The highest BCUT2D eigenvalue weighted by Gasteiger charge is 2.29. The highest BCUT2D eigenvalue weighted by atomic mass is 32.2. The molecule has 0 aliphatic carbocycles. The SMILES string of the molecule is CC(=O)N1C(N)CSC1C. The molecule has 58 valence electrons. The molecule has 2 atom stereocenters. The molecule has 0 bridgehead atoms. The fourth-order valence-electron chi connectivity index (χ4n) is 1.16. The summed E-state index contributed by atoms with van der Waals surface area (Å²) < 4.78 is 0. The molecular weight excluding hydrogens is 148 g/mol. The molecule has 2 unspecified atom stereocenters. The second-order valence-corrected chi connectivity index (χ2v) is 3.78. The zero-order chi connectivity index (χ0) is 7.72. The van der Waals surface area contributed by atoms with Gasteiger partial charge in [-0.3, -0.25) is 4.79 Å². The van der Waals surface area contributed by atoms with Crippen LogP contribution in [0.15, 0.2) is 0 Å². The van der Waals surface area contributed by atoms with Gasteiger partial charge in [0.1, 0.15) is 0 Å². The molecule has 0 aromatic rings. The predicted molar refractivity (Wildman–Crippen MR) is 42.4 cm³/mol. The lowest BCUT2D eigenvalue weighted by atomic mass is 10.4. The maximum absolute atomic E-state index is 10.9. The Labute approximate surface area is 64.9 Å². The van der Waals surface area contributed by atoms with Crippen LogP contribution in [0.2, 0.25) is 0 Å². The third-order valence-corrected chi connectivity index (χ3v) is 2.86. The largest absolute Gasteiger partial charge is 0.315 e. The van der Waals surface area contributed by atoms with Gasteiger partial charge in [-0.2, -0.15) is 0 Å². The minimum atomic E-state index is -0.0718. The number of rotatable bonds is 0. The number of nitrogens with two attached hydrogens (primary N) is 1. The van der Waals surface area contributed by atoms with Gasteiger partial charge >= 0.3 is 0 Å². The molecule has 1 aliphatic heterocycles. The standard InChI is InChI=1S/C6H12N2OS/c1-4(9)8-5(2)10-3-6(8)7/h5-6H,3,7H2,1-2H3. The first-order valence-corrected chi connectivity index (χ1v) is 4.34. The van der Waals surface area contributed by atoms with Crippen molar-refractivity contribution < 1.29 is 4.79 Å². The van der Waals surface area contributed by atoms with E-state index < -0.39 is 0 Å². The van der Waals surface area contributed by atoms with E-state index in [0.29, 0.717) is 0 Å². The third-order valence-electron chi connectivity index (χ3n) is 1.62. The first-order chi connectivity index (χ1) is 4.63. The number of nitrogens with zero attached hydrogens (tertiary/aromatic N) is 1. The first-order valence-electron chi connectivity index (χ1n) is 3.29. The normalized spacial score (nSPS) is 32.9. The lowest BCUT2D eigenvalue weighted by Crippen LogP contribution is -2.44. The summed E-state index contributed by atoms with van der Waals surface area (Å²) in [7, 11) is 0. The van der Waals surface area contributed by atoms with E-state index in [4.69, 9.17) is 5.73 Å². The van der Waals surface area contributed by atoms with Crippen LogP contribution < -0.4 is 5.73 Å². The van der Waals surface area contributed by atoms with Gasteiger partial charge in [0.15, 0.2) is 0 Å². The molecule has 1 amide bonds. The van der Waals surface area contributed by atoms with Gasteiger partial charge in [-0.05, 0) is 6.92 Å². The Balaban J connectivity index is 2.63. The summed E-state index contributed by atoms with van der Waals surface area (Å²) in [5.74, 6) is 0.936. The molecule has 0 aromatic heterocycles. The Bertz CT molecular complexity index is 141. The van der Waals surface area contributed by atoms with Gasteiger partial charge in [0.2, 0.25) is 5.91 Å². The second kappa shape index (κ2) is 2.80. The quantitative estimate of drug-likeness (QED) is 0.551. The minimum absolute atomic E-state index is 0.0718. The van der Waals surface area contributed by atoms with Gasteiger partial charge in [0.25, 0.3) is 0 Å². The molecule has 2 N–H and O–H groups in total. The molecule has 0 aromatic carbocycles. The predicted octanol–water partition coefficient (Wildman–Crippen LogP) is 0.213. The van der Waals surface area contributed by atoms with Crippen LogP contribution in [0.4, 0.5) is 0 Å². The van der Waals surface area contributed by atoms with E-state index >= 15 is 0 Å². The van der Waals surface area contributed by atoms with Gasteiger partial charge in [0.05, 0.1) is 11.5 Å². The number of thioether (sulfide) groups is 1. The molecule has 3 nitrogen and oxygen atoms in total. The lowest BCUT2D eigenvalue weighted by molar-refractivity contribution is -0.130. The van der Waals surface area contributed by atoms with Crippen LogP contribution in [-0.4, -0.2) is 28.1 Å². The van der Waals surface area contributed by atoms with E-state index in [1.165, 1.54) is 0 Å². The van der Waals surface area contributed by atoms with Gasteiger partial charge in [0, 0.05) is 12.7 Å². The average Bonchev–Trinajstić information content (AvgIpc) is 2.11. The third kappa shape index (κ3) is 1.27. The Morgan fingerprint density at radius 2 is 2.40 bits per heavy atom. The molecule has 0 spiro atoms. The summed E-state index contributed by atoms with van der Waals surface area (Å²) in [5.41, 5.74) is 5.65. The molecule has 1 rings (SSSR count). The van der Waals surface area contributed by atoms with E-state index in [0.717, 1.165) is 5.75 Å². The highest BCUT2D eigenvalue weighted by Crippen LogP contribution is 2.25. The molecular formula is C6H12N2OS. The van der Waals surface area contributed by atoms with E-state index in [-0.39, 0.29) is 17.4 Å². The molecule has 1 aliphatic rings. The van der Waals surface area contributed by atoms with Crippen LogP contribution >= 0.6 is 11.8 Å². The van der Waals surface area contributed by atoms with Crippen LogP contribution in [0.1, 0.15) is 13.8 Å². The van der Waals surface area contributed by atoms with Crippen molar-refractivity contribution in [3.05, 3.63) is 0 Å². The first kappa shape index (κ1) is 7.88. The van der Waals surface area contributed by atoms with Crippen LogP contribution in [0, 0.1) is 0 Å². The number of carbonyl (C=O) groups excluding carboxylic acids is 1. The second-order valence-electron chi connectivity index (χ2n) is 2.43. The Hall–Kier alpha value is -0.220. The molecule has 0 radical (unpaired) electrons. The van der Waals surface area contributed by atoms with Crippen molar-refractivity contribution in [3.8, 4) is 0 Å². The molecule has 1 fully saturated rings. The average molecular weight is 160 g/mol. The molecule has 1 saturated heterocycles. The van der Waals surface area contributed by atoms with Crippen molar-refractivity contribution in [3.63, 3.8) is 0 Å². The highest BCUT2D eigenvalue weighted by molar-refractivity contribution is 8.00. The zero-order valence-electron chi connectivity index (χ0n) is 6.20. The smallest absolute Gasteiger partial charge is 0.221 e. The van der Waals surface area contributed by atoms with Crippen molar-refractivity contribution >= 4 is 17.7 Å². The van der Waals surface area contributed by atoms with Gasteiger partial charge in [-0.15, -0.1) is 11.8 Å². The fourth-order valence-corrected chi connectivity index (χ4v) is 2.26. The van der Waals surface area contributed by atoms with Gasteiger partial charge in [-0.25, -0.2) is 0 Å². The van der Waals surface area contributed by atoms with Crippen LogP contribution in [0.25, 0.3) is 0 Å². The Morgan fingerprint density at radius 1 is 1.80 bits per heavy atom. The summed E-state index contributed by atoms with van der Waals surface area (Å²) in [6.07, 6.45) is -0.0718. The Morgan fingerprint density at radius 3 is 2.60 bits per heavy atom. The monoisotopic (exact) mass is 160 g/mol. The van der Waals surface area contributed by atoms with Crippen LogP contribution in [-0.2, 0) is 4.79 Å². The maximum atomic E-state index is 10.9. The maximum Gasteiger partial charge on any atom is 0.221 e. The van der Waals surface area contributed by atoms with Gasteiger partial charge < -0.3 is 10.6 Å². The summed E-state index contributed by atoms with van der Waals surface area (Å²) in [5, 5.41) is 0.257. The molecule has 0 saturated carbocycles. The van der Waals surface area contributed by atoms with Crippen molar-refractivity contribution in [2.45, 2.75) is 25.4 Å². The number of amides is 1. The number of hydrogen-bond donors (Lipinski definition) is 1. The molecule has 4 heteroatoms. The summed E-state index contributed by atoms with van der Waals surface area (Å²) in [6.45, 7) is 3.56. The van der Waals surface area contributed by atoms with Crippen LogP contribution in [0.5, 0.6) is 0 Å². The van der Waals surface area contributed by atoms with E-state index in [1.54, 1.807) is 23.6 Å². The van der Waals surface area contributed by atoms with E-state index in [2.05, 4.69) is 0 Å². The number of carbonyl (C=O) groups is 1. The van der Waals surface area contributed by atoms with Crippen LogP contribution in [0.3, 0.4) is 0 Å². The van der Waals surface area contributed by atoms with Crippen molar-refractivity contribution in [1.29, 1.82) is 0 Å². The molecule has 10 heavy (non-hydrogen) atoms. The van der Waals surface area contributed by atoms with E-state index in [9.17, 15) is 4.79 Å². The fraction of sp³-hybridized carbons (Fsp3) is 0.833. The Kier molecular flexibility index (Phi) is 2.21. The summed E-state index contributed by atoms with van der Waals surface area (Å²) in [4.78, 5) is 12.6. The minimum Gasteiger partial charge on any atom is -0.315 e. The lowest BCUT2D eigenvalue weighted by Gasteiger charge is -2.22. The van der Waals surface area contributed by atoms with E-state index in [1.807, 2.05) is 6.92 Å². The topological polar surface area (TPSA) is 46.3 Å². The zero-order valence-corrected chi connectivity index (χ0v) is 7.02. The van der Waals surface area contributed by atoms with Crippen molar-refractivity contribution in [2.75, 3.05) is 5.75 Å². The summed E-state index contributed by atoms with van der Waals surface area (Å²) in [6, 6.07) is 0.